The van der Waals surface area contributed by atoms with Crippen LogP contribution < -0.4 is 9.64 Å². The zero-order chi connectivity index (χ0) is 29.9. The van der Waals surface area contributed by atoms with Gasteiger partial charge in [-0.25, -0.2) is 9.59 Å². The van der Waals surface area contributed by atoms with Gasteiger partial charge in [0.05, 0.1) is 13.7 Å². The number of hydrogen-bond donors (Lipinski definition) is 0. The van der Waals surface area contributed by atoms with Crippen LogP contribution in [0.3, 0.4) is 0 Å². The molecule has 228 valence electrons. The fourth-order valence-electron chi connectivity index (χ4n) is 6.37. The van der Waals surface area contributed by atoms with Gasteiger partial charge in [-0.3, -0.25) is 14.5 Å². The average Bonchev–Trinajstić information content (AvgIpc) is 3.29. The largest absolute Gasteiger partial charge is 0.497 e. The first-order valence-corrected chi connectivity index (χ1v) is 15.0. The number of anilines is 1. The Morgan fingerprint density at radius 1 is 0.814 bits per heavy atom. The van der Waals surface area contributed by atoms with Crippen molar-refractivity contribution in [3.8, 4) is 5.75 Å². The molecule has 0 bridgehead atoms. The molecule has 43 heavy (non-hydrogen) atoms. The zero-order valence-corrected chi connectivity index (χ0v) is 24.5. The van der Waals surface area contributed by atoms with Crippen LogP contribution in [0.4, 0.5) is 15.3 Å². The molecular weight excluding hydrogens is 552 g/mol. The summed E-state index contributed by atoms with van der Waals surface area (Å²) in [6.07, 6.45) is 0.795. The lowest BCUT2D eigenvalue weighted by Crippen LogP contribution is -2.56. The third-order valence-corrected chi connectivity index (χ3v) is 8.93. The SMILES string of the molecule is COc1ccc(N2CCN(C(=O)ON3C(=O)[C@@H]4CN(C(=O)C5CCN(Cc6ccccc6)CC5)CCN4C3=O)CC2)cc1. The van der Waals surface area contributed by atoms with E-state index in [9.17, 15) is 19.2 Å². The highest BCUT2D eigenvalue weighted by Gasteiger charge is 2.51. The molecular formula is C31H38N6O6. The van der Waals surface area contributed by atoms with E-state index in [1.165, 1.54) is 15.4 Å². The summed E-state index contributed by atoms with van der Waals surface area (Å²) in [5.41, 5.74) is 2.28. The third-order valence-electron chi connectivity index (χ3n) is 8.93. The third kappa shape index (κ3) is 6.10. The van der Waals surface area contributed by atoms with Crippen molar-refractivity contribution >= 4 is 29.6 Å². The van der Waals surface area contributed by atoms with E-state index in [1.807, 2.05) is 42.5 Å². The number of amides is 5. The molecule has 2 aromatic rings. The predicted octanol–water partition coefficient (Wildman–Crippen LogP) is 2.26. The van der Waals surface area contributed by atoms with Crippen LogP contribution in [-0.2, 0) is 21.0 Å². The molecule has 5 amide bonds. The maximum Gasteiger partial charge on any atom is 0.434 e. The Hall–Kier alpha value is -4.32. The van der Waals surface area contributed by atoms with Crippen LogP contribution in [0.15, 0.2) is 54.6 Å². The Morgan fingerprint density at radius 3 is 2.16 bits per heavy atom. The number of hydroxylamine groups is 2. The van der Waals surface area contributed by atoms with Crippen molar-refractivity contribution in [2.75, 3.05) is 70.9 Å². The second kappa shape index (κ2) is 12.5. The van der Waals surface area contributed by atoms with Gasteiger partial charge in [-0.15, -0.1) is 0 Å². The number of piperazine rings is 2. The summed E-state index contributed by atoms with van der Waals surface area (Å²) in [4.78, 5) is 67.0. The molecule has 4 aliphatic rings. The predicted molar refractivity (Wildman–Crippen MR) is 157 cm³/mol. The number of fused-ring (bicyclic) bond motifs is 1. The second-order valence-electron chi connectivity index (χ2n) is 11.5. The molecule has 0 spiro atoms. The van der Waals surface area contributed by atoms with Gasteiger partial charge in [-0.05, 0) is 55.8 Å². The van der Waals surface area contributed by atoms with E-state index in [-0.39, 0.29) is 24.9 Å². The maximum absolute atomic E-state index is 13.4. The lowest BCUT2D eigenvalue weighted by Gasteiger charge is -2.39. The number of nitrogens with zero attached hydrogens (tertiary/aromatic N) is 6. The second-order valence-corrected chi connectivity index (χ2v) is 11.5. The minimum Gasteiger partial charge on any atom is -0.497 e. The van der Waals surface area contributed by atoms with Crippen molar-refractivity contribution in [3.63, 3.8) is 0 Å². The first kappa shape index (κ1) is 28.8. The van der Waals surface area contributed by atoms with Gasteiger partial charge in [0.2, 0.25) is 5.91 Å². The molecule has 12 heteroatoms. The molecule has 4 aliphatic heterocycles. The molecule has 0 radical (unpaired) electrons. The highest BCUT2D eigenvalue weighted by molar-refractivity contribution is 6.04. The maximum atomic E-state index is 13.4. The first-order valence-electron chi connectivity index (χ1n) is 15.0. The first-order chi connectivity index (χ1) is 20.9. The van der Waals surface area contributed by atoms with Crippen molar-refractivity contribution in [1.29, 1.82) is 0 Å². The lowest BCUT2D eigenvalue weighted by molar-refractivity contribution is -0.153. The van der Waals surface area contributed by atoms with Gasteiger partial charge >= 0.3 is 12.1 Å². The molecule has 0 N–H and O–H groups in total. The number of rotatable bonds is 6. The topological polar surface area (TPSA) is 106 Å². The minimum atomic E-state index is -0.844. The van der Waals surface area contributed by atoms with E-state index in [0.717, 1.165) is 43.9 Å². The molecule has 0 aromatic heterocycles. The smallest absolute Gasteiger partial charge is 0.434 e. The number of urea groups is 1. The number of ether oxygens (including phenoxy) is 1. The van der Waals surface area contributed by atoms with Crippen LogP contribution in [0.2, 0.25) is 0 Å². The van der Waals surface area contributed by atoms with Crippen LogP contribution >= 0.6 is 0 Å². The highest BCUT2D eigenvalue weighted by atomic mass is 16.7. The molecule has 12 nitrogen and oxygen atoms in total. The number of benzene rings is 2. The Labute approximate surface area is 251 Å². The van der Waals surface area contributed by atoms with Gasteiger partial charge in [-0.1, -0.05) is 35.4 Å². The quantitative estimate of drug-likeness (QED) is 0.472. The Kier molecular flexibility index (Phi) is 8.37. The standard InChI is InChI=1S/C31H38N6O6/c1-42-26-9-7-25(8-10-26)33-15-17-34(18-16-33)31(41)43-37-29(39)27-22-35(19-20-36(27)30(37)40)28(38)24-11-13-32(14-12-24)21-23-5-3-2-4-6-23/h2-10,24,27H,11-22H2,1H3/t27-/m0/s1. The van der Waals surface area contributed by atoms with E-state index >= 15 is 0 Å². The molecule has 2 aromatic carbocycles. The van der Waals surface area contributed by atoms with E-state index in [0.29, 0.717) is 37.8 Å². The van der Waals surface area contributed by atoms with Crippen LogP contribution in [-0.4, -0.2) is 121 Å². The van der Waals surface area contributed by atoms with Crippen LogP contribution in [0, 0.1) is 5.92 Å². The fraction of sp³-hybridized carbons (Fsp3) is 0.484. The molecule has 4 heterocycles. The number of carbonyl (C=O) groups is 4. The van der Waals surface area contributed by atoms with Gasteiger partial charge in [0, 0.05) is 57.4 Å². The summed E-state index contributed by atoms with van der Waals surface area (Å²) in [6.45, 7) is 5.18. The van der Waals surface area contributed by atoms with Crippen molar-refractivity contribution in [1.82, 2.24) is 24.7 Å². The van der Waals surface area contributed by atoms with Crippen molar-refractivity contribution in [2.24, 2.45) is 5.92 Å². The number of carbonyl (C=O) groups excluding carboxylic acids is 4. The van der Waals surface area contributed by atoms with E-state index in [4.69, 9.17) is 9.57 Å². The molecule has 0 aliphatic carbocycles. The number of methoxy groups -OCH3 is 1. The molecule has 1 atom stereocenters. The molecule has 4 fully saturated rings. The molecule has 0 unspecified atom stereocenters. The van der Waals surface area contributed by atoms with E-state index in [2.05, 4.69) is 21.9 Å². The van der Waals surface area contributed by atoms with E-state index in [1.54, 1.807) is 12.0 Å². The van der Waals surface area contributed by atoms with Crippen LogP contribution in [0.1, 0.15) is 18.4 Å². The van der Waals surface area contributed by atoms with Gasteiger partial charge in [0.25, 0.3) is 5.91 Å². The van der Waals surface area contributed by atoms with Crippen molar-refractivity contribution in [2.45, 2.75) is 25.4 Å². The summed E-state index contributed by atoms with van der Waals surface area (Å²) < 4.78 is 5.21. The average molecular weight is 591 g/mol. The van der Waals surface area contributed by atoms with Gasteiger partial charge in [0.15, 0.2) is 0 Å². The van der Waals surface area contributed by atoms with Crippen molar-refractivity contribution < 1.29 is 28.8 Å². The summed E-state index contributed by atoms with van der Waals surface area (Å²) >= 11 is 0. The molecule has 0 saturated carbocycles. The van der Waals surface area contributed by atoms with Crippen LogP contribution in [0.25, 0.3) is 0 Å². The molecule has 4 saturated heterocycles. The fourth-order valence-corrected chi connectivity index (χ4v) is 6.37. The normalized spacial score (nSPS) is 21.7. The minimum absolute atomic E-state index is 0.0319. The summed E-state index contributed by atoms with van der Waals surface area (Å²) in [5.74, 6) is 0.0979. The molecule has 6 rings (SSSR count). The zero-order valence-electron chi connectivity index (χ0n) is 24.5. The Balaban J connectivity index is 0.983. The number of piperidine rings is 1. The van der Waals surface area contributed by atoms with Crippen molar-refractivity contribution in [3.05, 3.63) is 60.2 Å². The number of imide groups is 1. The van der Waals surface area contributed by atoms with Gasteiger partial charge < -0.3 is 29.2 Å². The Morgan fingerprint density at radius 2 is 1.49 bits per heavy atom. The highest BCUT2D eigenvalue weighted by Crippen LogP contribution is 2.27. The summed E-state index contributed by atoms with van der Waals surface area (Å²) in [5, 5.41) is 0.582. The number of hydrogen-bond acceptors (Lipinski definition) is 8. The van der Waals surface area contributed by atoms with Gasteiger partial charge in [0.1, 0.15) is 11.8 Å². The van der Waals surface area contributed by atoms with Gasteiger partial charge in [-0.2, -0.15) is 0 Å². The number of likely N-dealkylation sites (tertiary alicyclic amines) is 1. The summed E-state index contributed by atoms with van der Waals surface area (Å²) in [6, 6.07) is 16.5. The van der Waals surface area contributed by atoms with Crippen LogP contribution in [0.5, 0.6) is 5.75 Å². The lowest BCUT2D eigenvalue weighted by atomic mass is 9.94. The van der Waals surface area contributed by atoms with E-state index < -0.39 is 24.1 Å². The Bertz CT molecular complexity index is 1320. The summed E-state index contributed by atoms with van der Waals surface area (Å²) in [7, 11) is 1.62. The monoisotopic (exact) mass is 590 g/mol.